The van der Waals surface area contributed by atoms with Gasteiger partial charge in [0, 0.05) is 16.8 Å². The SMILES string of the molecule is CC(=O)c1ccc(NC(=O)c2ccc(N)c(Cl)c2)cc1. The summed E-state index contributed by atoms with van der Waals surface area (Å²) in [6, 6.07) is 11.4. The summed E-state index contributed by atoms with van der Waals surface area (Å²) in [7, 11) is 0. The van der Waals surface area contributed by atoms with E-state index in [4.69, 9.17) is 17.3 Å². The third-order valence-corrected chi connectivity index (χ3v) is 3.14. The molecule has 0 aliphatic rings. The fourth-order valence-electron chi connectivity index (χ4n) is 1.66. The van der Waals surface area contributed by atoms with Crippen LogP contribution < -0.4 is 11.1 Å². The lowest BCUT2D eigenvalue weighted by atomic mass is 10.1. The van der Waals surface area contributed by atoms with Crippen molar-refractivity contribution in [3.63, 3.8) is 0 Å². The first kappa shape index (κ1) is 14.1. The average Bonchev–Trinajstić information content (AvgIpc) is 2.42. The largest absolute Gasteiger partial charge is 0.398 e. The Morgan fingerprint density at radius 1 is 1.05 bits per heavy atom. The van der Waals surface area contributed by atoms with Gasteiger partial charge in [0.25, 0.3) is 5.91 Å². The van der Waals surface area contributed by atoms with E-state index in [9.17, 15) is 9.59 Å². The van der Waals surface area contributed by atoms with Crippen molar-refractivity contribution < 1.29 is 9.59 Å². The first-order chi connectivity index (χ1) is 9.47. The molecule has 2 aromatic carbocycles. The van der Waals surface area contributed by atoms with Crippen LogP contribution in [-0.2, 0) is 0 Å². The Bertz CT molecular complexity index is 666. The molecule has 0 heterocycles. The number of carbonyl (C=O) groups is 2. The normalized spacial score (nSPS) is 10.1. The highest BCUT2D eigenvalue weighted by atomic mass is 35.5. The third-order valence-electron chi connectivity index (χ3n) is 2.81. The van der Waals surface area contributed by atoms with Gasteiger partial charge in [-0.1, -0.05) is 11.6 Å². The minimum absolute atomic E-state index is 0.0202. The first-order valence-electron chi connectivity index (χ1n) is 5.95. The number of hydrogen-bond acceptors (Lipinski definition) is 3. The molecule has 5 heteroatoms. The van der Waals surface area contributed by atoms with Crippen LogP contribution in [0.25, 0.3) is 0 Å². The number of nitrogens with two attached hydrogens (primary N) is 1. The van der Waals surface area contributed by atoms with Crippen molar-refractivity contribution in [3.05, 3.63) is 58.6 Å². The fraction of sp³-hybridized carbons (Fsp3) is 0.0667. The van der Waals surface area contributed by atoms with Crippen molar-refractivity contribution >= 4 is 34.7 Å². The Morgan fingerprint density at radius 2 is 1.65 bits per heavy atom. The van der Waals surface area contributed by atoms with Crippen LogP contribution in [0.3, 0.4) is 0 Å². The van der Waals surface area contributed by atoms with Crippen LogP contribution in [0.1, 0.15) is 27.6 Å². The number of hydrogen-bond donors (Lipinski definition) is 2. The third kappa shape index (κ3) is 3.16. The van der Waals surface area contributed by atoms with Crippen LogP contribution in [0.4, 0.5) is 11.4 Å². The molecule has 0 fully saturated rings. The maximum Gasteiger partial charge on any atom is 0.255 e. The molecule has 2 rings (SSSR count). The molecule has 0 bridgehead atoms. The summed E-state index contributed by atoms with van der Waals surface area (Å²) >= 11 is 5.87. The van der Waals surface area contributed by atoms with Crippen LogP contribution in [0.15, 0.2) is 42.5 Å². The monoisotopic (exact) mass is 288 g/mol. The first-order valence-corrected chi connectivity index (χ1v) is 6.32. The van der Waals surface area contributed by atoms with Crippen molar-refractivity contribution in [1.29, 1.82) is 0 Å². The van der Waals surface area contributed by atoms with Gasteiger partial charge in [0.05, 0.1) is 10.7 Å². The Labute approximate surface area is 121 Å². The Morgan fingerprint density at radius 3 is 2.20 bits per heavy atom. The van der Waals surface area contributed by atoms with E-state index >= 15 is 0 Å². The van der Waals surface area contributed by atoms with Gasteiger partial charge >= 0.3 is 0 Å². The second kappa shape index (κ2) is 5.75. The van der Waals surface area contributed by atoms with E-state index in [1.54, 1.807) is 36.4 Å². The molecule has 1 amide bonds. The molecule has 3 N–H and O–H groups in total. The number of anilines is 2. The quantitative estimate of drug-likeness (QED) is 0.672. The van der Waals surface area contributed by atoms with Gasteiger partial charge in [-0.25, -0.2) is 0 Å². The highest BCUT2D eigenvalue weighted by molar-refractivity contribution is 6.33. The number of nitrogens with one attached hydrogen (secondary N) is 1. The summed E-state index contributed by atoms with van der Waals surface area (Å²) in [5.74, 6) is -0.310. The number of benzene rings is 2. The Kier molecular flexibility index (Phi) is 4.05. The van der Waals surface area contributed by atoms with Crippen molar-refractivity contribution in [2.45, 2.75) is 6.92 Å². The minimum Gasteiger partial charge on any atom is -0.398 e. The second-order valence-corrected chi connectivity index (χ2v) is 4.73. The summed E-state index contributed by atoms with van der Waals surface area (Å²) < 4.78 is 0. The molecule has 0 aliphatic heterocycles. The standard InChI is InChI=1S/C15H13ClN2O2/c1-9(19)10-2-5-12(6-3-10)18-15(20)11-4-7-14(17)13(16)8-11/h2-8H,17H2,1H3,(H,18,20). The summed E-state index contributed by atoms with van der Waals surface area (Å²) in [5.41, 5.74) is 7.63. The molecule has 0 saturated carbocycles. The highest BCUT2D eigenvalue weighted by Crippen LogP contribution is 2.20. The number of Topliss-reactive ketones (excluding diaryl/α,β-unsaturated/α-hetero) is 1. The molecule has 2 aromatic rings. The Hall–Kier alpha value is -2.33. The van der Waals surface area contributed by atoms with Gasteiger partial charge in [0.1, 0.15) is 0 Å². The molecule has 0 spiro atoms. The molecule has 0 atom stereocenters. The molecule has 0 radical (unpaired) electrons. The lowest BCUT2D eigenvalue weighted by molar-refractivity contribution is 0.101. The number of carbonyl (C=O) groups excluding carboxylic acids is 2. The van der Waals surface area contributed by atoms with Crippen LogP contribution >= 0.6 is 11.6 Å². The van der Waals surface area contributed by atoms with Crippen LogP contribution in [-0.4, -0.2) is 11.7 Å². The zero-order chi connectivity index (χ0) is 14.7. The van der Waals surface area contributed by atoms with Crippen LogP contribution in [0.5, 0.6) is 0 Å². The fourth-order valence-corrected chi connectivity index (χ4v) is 1.84. The summed E-state index contributed by atoms with van der Waals surface area (Å²) in [4.78, 5) is 23.2. The lowest BCUT2D eigenvalue weighted by Crippen LogP contribution is -2.12. The van der Waals surface area contributed by atoms with Crippen molar-refractivity contribution in [2.24, 2.45) is 0 Å². The number of nitrogen functional groups attached to an aromatic ring is 1. The molecule has 102 valence electrons. The maximum atomic E-state index is 12.0. The molecule has 0 unspecified atom stereocenters. The summed E-state index contributed by atoms with van der Waals surface area (Å²) in [5, 5.41) is 3.06. The van der Waals surface area contributed by atoms with E-state index in [0.717, 1.165) is 0 Å². The van der Waals surface area contributed by atoms with Gasteiger partial charge in [-0.05, 0) is 49.4 Å². The maximum absolute atomic E-state index is 12.0. The number of ketones is 1. The number of amides is 1. The highest BCUT2D eigenvalue weighted by Gasteiger charge is 2.08. The molecule has 4 nitrogen and oxygen atoms in total. The van der Waals surface area contributed by atoms with Gasteiger partial charge in [-0.2, -0.15) is 0 Å². The Balaban J connectivity index is 2.14. The predicted molar refractivity (Wildman–Crippen MR) is 80.3 cm³/mol. The van der Waals surface area contributed by atoms with Gasteiger partial charge in [-0.15, -0.1) is 0 Å². The molecule has 20 heavy (non-hydrogen) atoms. The topological polar surface area (TPSA) is 72.2 Å². The lowest BCUT2D eigenvalue weighted by Gasteiger charge is -2.07. The molecule has 0 aromatic heterocycles. The smallest absolute Gasteiger partial charge is 0.255 e. The van der Waals surface area contributed by atoms with Crippen molar-refractivity contribution in [1.82, 2.24) is 0 Å². The van der Waals surface area contributed by atoms with Crippen LogP contribution in [0, 0.1) is 0 Å². The molecule has 0 saturated heterocycles. The molecule has 0 aliphatic carbocycles. The van der Waals surface area contributed by atoms with E-state index in [-0.39, 0.29) is 11.7 Å². The molecular weight excluding hydrogens is 276 g/mol. The van der Waals surface area contributed by atoms with E-state index in [1.165, 1.54) is 13.0 Å². The van der Waals surface area contributed by atoms with E-state index in [1.807, 2.05) is 0 Å². The second-order valence-electron chi connectivity index (χ2n) is 4.32. The van der Waals surface area contributed by atoms with Crippen LogP contribution in [0.2, 0.25) is 5.02 Å². The van der Waals surface area contributed by atoms with Crippen molar-refractivity contribution in [2.75, 3.05) is 11.1 Å². The predicted octanol–water partition coefficient (Wildman–Crippen LogP) is 3.38. The van der Waals surface area contributed by atoms with Gasteiger partial charge in [0.2, 0.25) is 0 Å². The minimum atomic E-state index is -0.289. The van der Waals surface area contributed by atoms with Gasteiger partial charge in [-0.3, -0.25) is 9.59 Å². The van der Waals surface area contributed by atoms with Crippen molar-refractivity contribution in [3.8, 4) is 0 Å². The van der Waals surface area contributed by atoms with Gasteiger partial charge in [0.15, 0.2) is 5.78 Å². The number of halogens is 1. The summed E-state index contributed by atoms with van der Waals surface area (Å²) in [6.07, 6.45) is 0. The van der Waals surface area contributed by atoms with E-state index in [0.29, 0.717) is 27.5 Å². The van der Waals surface area contributed by atoms with E-state index in [2.05, 4.69) is 5.32 Å². The van der Waals surface area contributed by atoms with Gasteiger partial charge < -0.3 is 11.1 Å². The average molecular weight is 289 g/mol. The zero-order valence-electron chi connectivity index (χ0n) is 10.8. The van der Waals surface area contributed by atoms with E-state index < -0.39 is 0 Å². The molecular formula is C15H13ClN2O2. The zero-order valence-corrected chi connectivity index (χ0v) is 11.6. The number of rotatable bonds is 3. The summed E-state index contributed by atoms with van der Waals surface area (Å²) in [6.45, 7) is 1.49.